The maximum absolute atomic E-state index is 14.5. The third-order valence-corrected chi connectivity index (χ3v) is 5.72. The largest absolute Gasteiger partial charge is 0.489 e. The summed E-state index contributed by atoms with van der Waals surface area (Å²) in [7, 11) is 0. The second-order valence-corrected chi connectivity index (χ2v) is 9.28. The van der Waals surface area contributed by atoms with Gasteiger partial charge in [-0.05, 0) is 73.1 Å². The molecule has 0 aliphatic carbocycles. The van der Waals surface area contributed by atoms with Gasteiger partial charge < -0.3 is 14.8 Å². The van der Waals surface area contributed by atoms with Gasteiger partial charge in [-0.3, -0.25) is 4.79 Å². The summed E-state index contributed by atoms with van der Waals surface area (Å²) in [5.74, 6) is 0.772. The van der Waals surface area contributed by atoms with Gasteiger partial charge in [-0.2, -0.15) is 0 Å². The van der Waals surface area contributed by atoms with Crippen LogP contribution in [0.3, 0.4) is 0 Å². The van der Waals surface area contributed by atoms with Crippen molar-refractivity contribution >= 4 is 11.7 Å². The number of rotatable bonds is 12. The molecular formula is C30H36FNO3. The monoisotopic (exact) mass is 477 g/mol. The second kappa shape index (κ2) is 12.9. The molecule has 0 aliphatic heterocycles. The molecule has 0 aromatic heterocycles. The average Bonchev–Trinajstić information content (AvgIpc) is 2.82. The molecule has 0 unspecified atom stereocenters. The highest BCUT2D eigenvalue weighted by Crippen LogP contribution is 2.25. The number of benzene rings is 3. The Labute approximate surface area is 208 Å². The summed E-state index contributed by atoms with van der Waals surface area (Å²) in [5, 5.41) is 3.30. The van der Waals surface area contributed by atoms with Gasteiger partial charge in [-0.1, -0.05) is 61.9 Å². The quantitative estimate of drug-likeness (QED) is 0.285. The van der Waals surface area contributed by atoms with E-state index >= 15 is 0 Å². The van der Waals surface area contributed by atoms with Crippen molar-refractivity contribution < 1.29 is 18.7 Å². The first-order chi connectivity index (χ1) is 16.8. The van der Waals surface area contributed by atoms with E-state index in [0.717, 1.165) is 23.3 Å². The van der Waals surface area contributed by atoms with Crippen LogP contribution in [0, 0.1) is 18.7 Å². The van der Waals surface area contributed by atoms with E-state index in [2.05, 4.69) is 56.4 Å². The van der Waals surface area contributed by atoms with Gasteiger partial charge in [-0.15, -0.1) is 0 Å². The van der Waals surface area contributed by atoms with E-state index in [-0.39, 0.29) is 18.2 Å². The van der Waals surface area contributed by atoms with E-state index in [1.54, 1.807) is 13.0 Å². The molecule has 3 rings (SSSR count). The average molecular weight is 478 g/mol. The van der Waals surface area contributed by atoms with Crippen LogP contribution in [0.15, 0.2) is 60.7 Å². The van der Waals surface area contributed by atoms with Crippen molar-refractivity contribution in [2.24, 2.45) is 5.92 Å². The zero-order valence-electron chi connectivity index (χ0n) is 21.2. The summed E-state index contributed by atoms with van der Waals surface area (Å²) in [4.78, 5) is 11.5. The lowest BCUT2D eigenvalue weighted by Crippen LogP contribution is -2.07. The first-order valence-electron chi connectivity index (χ1n) is 12.3. The third kappa shape index (κ3) is 8.43. The van der Waals surface area contributed by atoms with Gasteiger partial charge in [-0.25, -0.2) is 4.39 Å². The molecule has 0 atom stereocenters. The van der Waals surface area contributed by atoms with E-state index in [1.807, 2.05) is 18.2 Å². The van der Waals surface area contributed by atoms with E-state index in [1.165, 1.54) is 17.2 Å². The minimum Gasteiger partial charge on any atom is -0.489 e. The molecule has 0 spiro atoms. The molecule has 5 heteroatoms. The van der Waals surface area contributed by atoms with Gasteiger partial charge in [0.05, 0.1) is 6.61 Å². The molecule has 0 fully saturated rings. The summed E-state index contributed by atoms with van der Waals surface area (Å²) in [6.07, 6.45) is 1.42. The van der Waals surface area contributed by atoms with Crippen LogP contribution in [0.25, 0.3) is 0 Å². The maximum Gasteiger partial charge on any atom is 0.306 e. The van der Waals surface area contributed by atoms with Gasteiger partial charge >= 0.3 is 5.97 Å². The number of nitrogens with one attached hydrogen (secondary N) is 1. The fourth-order valence-corrected chi connectivity index (χ4v) is 3.86. The number of aryl methyl sites for hydroxylation is 2. The van der Waals surface area contributed by atoms with Crippen LogP contribution in [-0.4, -0.2) is 12.6 Å². The van der Waals surface area contributed by atoms with Crippen molar-refractivity contribution in [3.63, 3.8) is 0 Å². The van der Waals surface area contributed by atoms with Gasteiger partial charge in [0, 0.05) is 18.7 Å². The number of hydrogen-bond donors (Lipinski definition) is 1. The first kappa shape index (κ1) is 26.3. The number of anilines is 1. The minimum atomic E-state index is -0.320. The highest BCUT2D eigenvalue weighted by molar-refractivity contribution is 5.69. The molecule has 186 valence electrons. The second-order valence-electron chi connectivity index (χ2n) is 9.28. The summed E-state index contributed by atoms with van der Waals surface area (Å²) in [6, 6.07) is 19.7. The predicted octanol–water partition coefficient (Wildman–Crippen LogP) is 7.02. The molecule has 0 saturated heterocycles. The van der Waals surface area contributed by atoms with Crippen molar-refractivity contribution in [1.82, 2.24) is 0 Å². The van der Waals surface area contributed by atoms with E-state index < -0.39 is 0 Å². The lowest BCUT2D eigenvalue weighted by molar-refractivity contribution is -0.143. The highest BCUT2D eigenvalue weighted by Gasteiger charge is 2.10. The number of halogens is 1. The minimum absolute atomic E-state index is 0.175. The maximum atomic E-state index is 14.5. The molecule has 35 heavy (non-hydrogen) atoms. The molecule has 0 heterocycles. The highest BCUT2D eigenvalue weighted by atomic mass is 19.1. The molecule has 3 aromatic carbocycles. The molecule has 4 nitrogen and oxygen atoms in total. The van der Waals surface area contributed by atoms with Crippen molar-refractivity contribution in [2.45, 2.75) is 60.1 Å². The van der Waals surface area contributed by atoms with Crippen LogP contribution in [0.1, 0.15) is 55.0 Å². The molecule has 0 amide bonds. The fraction of sp³-hybridized carbons (Fsp3) is 0.367. The Balaban J connectivity index is 1.62. The molecule has 0 radical (unpaired) electrons. The van der Waals surface area contributed by atoms with Gasteiger partial charge in [0.2, 0.25) is 0 Å². The van der Waals surface area contributed by atoms with Crippen LogP contribution in [0.5, 0.6) is 5.75 Å². The van der Waals surface area contributed by atoms with Crippen LogP contribution < -0.4 is 10.1 Å². The zero-order chi connectivity index (χ0) is 25.2. The number of esters is 1. The Kier molecular flexibility index (Phi) is 9.71. The summed E-state index contributed by atoms with van der Waals surface area (Å²) in [6.45, 7) is 9.67. The van der Waals surface area contributed by atoms with Gasteiger partial charge in [0.15, 0.2) is 0 Å². The lowest BCUT2D eigenvalue weighted by Gasteiger charge is -2.16. The molecule has 0 saturated carbocycles. The standard InChI is InChI=1S/C30H36FNO3/c1-5-34-30(33)15-12-25-11-13-27(18-28(25)31)32-19-24-10-14-29(26(17-24)16-21(2)3)35-20-23-8-6-22(4)7-9-23/h6-11,13-14,17-18,21,32H,5,12,15-16,19-20H2,1-4H3. The number of hydrogen-bond acceptors (Lipinski definition) is 4. The van der Waals surface area contributed by atoms with E-state index in [0.29, 0.717) is 43.3 Å². The summed E-state index contributed by atoms with van der Waals surface area (Å²) < 4.78 is 25.6. The van der Waals surface area contributed by atoms with Gasteiger partial charge in [0.1, 0.15) is 18.2 Å². The van der Waals surface area contributed by atoms with Crippen molar-refractivity contribution in [3.05, 3.63) is 94.3 Å². The van der Waals surface area contributed by atoms with Crippen LogP contribution >= 0.6 is 0 Å². The van der Waals surface area contributed by atoms with Crippen LogP contribution in [0.4, 0.5) is 10.1 Å². The SMILES string of the molecule is CCOC(=O)CCc1ccc(NCc2ccc(OCc3ccc(C)cc3)c(CC(C)C)c2)cc1F. The molecule has 1 N–H and O–H groups in total. The number of carbonyl (C=O) groups excluding carboxylic acids is 1. The van der Waals surface area contributed by atoms with Crippen molar-refractivity contribution in [2.75, 3.05) is 11.9 Å². The Morgan fingerprint density at radius 1 is 0.971 bits per heavy atom. The smallest absolute Gasteiger partial charge is 0.306 e. The van der Waals surface area contributed by atoms with Crippen LogP contribution in [0.2, 0.25) is 0 Å². The third-order valence-electron chi connectivity index (χ3n) is 5.72. The van der Waals surface area contributed by atoms with Gasteiger partial charge in [0.25, 0.3) is 0 Å². The van der Waals surface area contributed by atoms with E-state index in [4.69, 9.17) is 9.47 Å². The first-order valence-corrected chi connectivity index (χ1v) is 12.3. The topological polar surface area (TPSA) is 47.6 Å². The van der Waals surface area contributed by atoms with Crippen LogP contribution in [-0.2, 0) is 35.5 Å². The number of carbonyl (C=O) groups is 1. The Morgan fingerprint density at radius 2 is 1.71 bits per heavy atom. The summed E-state index contributed by atoms with van der Waals surface area (Å²) >= 11 is 0. The molecule has 0 aliphatic rings. The Hall–Kier alpha value is -3.34. The predicted molar refractivity (Wildman–Crippen MR) is 139 cm³/mol. The molecular weight excluding hydrogens is 441 g/mol. The molecule has 3 aromatic rings. The fourth-order valence-electron chi connectivity index (χ4n) is 3.86. The van der Waals surface area contributed by atoms with Crippen molar-refractivity contribution in [3.8, 4) is 5.75 Å². The normalized spacial score (nSPS) is 10.9. The molecule has 0 bridgehead atoms. The lowest BCUT2D eigenvalue weighted by atomic mass is 9.99. The Bertz CT molecular complexity index is 1110. The zero-order valence-corrected chi connectivity index (χ0v) is 21.2. The van der Waals surface area contributed by atoms with E-state index in [9.17, 15) is 9.18 Å². The van der Waals surface area contributed by atoms with Crippen molar-refractivity contribution in [1.29, 1.82) is 0 Å². The Morgan fingerprint density at radius 3 is 2.40 bits per heavy atom. The number of ether oxygens (including phenoxy) is 2. The summed E-state index contributed by atoms with van der Waals surface area (Å²) in [5.41, 5.74) is 5.87.